The lowest BCUT2D eigenvalue weighted by Crippen LogP contribution is -2.32. The molecule has 0 radical (unpaired) electrons. The molecule has 2 aromatic rings. The number of ether oxygens (including phenoxy) is 1. The number of carbonyl (C=O) groups is 1. The van der Waals surface area contributed by atoms with Gasteiger partial charge in [0.25, 0.3) is 0 Å². The number of aliphatic hydroxyl groups excluding tert-OH is 1. The zero-order valence-corrected chi connectivity index (χ0v) is 11.4. The highest BCUT2D eigenvalue weighted by Crippen LogP contribution is 2.38. The third-order valence-electron chi connectivity index (χ3n) is 3.49. The molecule has 1 aliphatic rings. The van der Waals surface area contributed by atoms with Crippen LogP contribution >= 0.6 is 11.6 Å². The molecule has 102 valence electrons. The highest BCUT2D eigenvalue weighted by Gasteiger charge is 2.35. The zero-order chi connectivity index (χ0) is 14.1. The van der Waals surface area contributed by atoms with Crippen LogP contribution < -0.4 is 4.74 Å². The van der Waals surface area contributed by atoms with Crippen LogP contribution in [0, 0.1) is 5.92 Å². The van der Waals surface area contributed by atoms with E-state index in [1.807, 2.05) is 6.07 Å². The standard InChI is InChI=1S/C16H13ClO3/c17-11-6-7-14-12(8-11)16(19)13(9-20-14)15(18)10-4-2-1-3-5-10/h1-8,13,16,19H,9H2. The van der Waals surface area contributed by atoms with Crippen LogP contribution in [0.5, 0.6) is 5.75 Å². The predicted molar refractivity (Wildman–Crippen MR) is 76.2 cm³/mol. The van der Waals surface area contributed by atoms with Gasteiger partial charge in [-0.3, -0.25) is 4.79 Å². The molecule has 2 aromatic carbocycles. The van der Waals surface area contributed by atoms with Crippen LogP contribution in [-0.2, 0) is 0 Å². The molecule has 0 saturated carbocycles. The van der Waals surface area contributed by atoms with E-state index in [1.54, 1.807) is 42.5 Å². The summed E-state index contributed by atoms with van der Waals surface area (Å²) in [5.41, 5.74) is 1.14. The molecule has 0 spiro atoms. The molecule has 0 bridgehead atoms. The van der Waals surface area contributed by atoms with Gasteiger partial charge in [0.1, 0.15) is 12.4 Å². The predicted octanol–water partition coefficient (Wildman–Crippen LogP) is 3.26. The minimum Gasteiger partial charge on any atom is -0.492 e. The number of ketones is 1. The second kappa shape index (κ2) is 5.27. The Morgan fingerprint density at radius 1 is 1.20 bits per heavy atom. The van der Waals surface area contributed by atoms with Gasteiger partial charge in [0.15, 0.2) is 5.78 Å². The number of Topliss-reactive ketones (excluding diaryl/α,β-unsaturated/α-hetero) is 1. The van der Waals surface area contributed by atoms with Crippen molar-refractivity contribution in [2.24, 2.45) is 5.92 Å². The van der Waals surface area contributed by atoms with E-state index in [0.29, 0.717) is 21.9 Å². The number of fused-ring (bicyclic) bond motifs is 1. The first-order valence-electron chi connectivity index (χ1n) is 6.36. The van der Waals surface area contributed by atoms with Gasteiger partial charge in [-0.05, 0) is 18.2 Å². The van der Waals surface area contributed by atoms with Crippen molar-refractivity contribution in [3.8, 4) is 5.75 Å². The summed E-state index contributed by atoms with van der Waals surface area (Å²) < 4.78 is 5.56. The monoisotopic (exact) mass is 288 g/mol. The molecule has 1 aliphatic heterocycles. The number of rotatable bonds is 2. The average molecular weight is 289 g/mol. The second-order valence-electron chi connectivity index (χ2n) is 4.77. The molecule has 20 heavy (non-hydrogen) atoms. The highest BCUT2D eigenvalue weighted by molar-refractivity contribution is 6.30. The van der Waals surface area contributed by atoms with Crippen LogP contribution in [-0.4, -0.2) is 17.5 Å². The number of hydrogen-bond donors (Lipinski definition) is 1. The van der Waals surface area contributed by atoms with Gasteiger partial charge in [0.05, 0.1) is 12.0 Å². The molecule has 3 nitrogen and oxygen atoms in total. The fourth-order valence-corrected chi connectivity index (χ4v) is 2.59. The molecule has 0 amide bonds. The van der Waals surface area contributed by atoms with Crippen molar-refractivity contribution >= 4 is 17.4 Å². The summed E-state index contributed by atoms with van der Waals surface area (Å²) in [5, 5.41) is 10.9. The summed E-state index contributed by atoms with van der Waals surface area (Å²) in [4.78, 5) is 12.4. The largest absolute Gasteiger partial charge is 0.492 e. The second-order valence-corrected chi connectivity index (χ2v) is 5.21. The van der Waals surface area contributed by atoms with Crippen molar-refractivity contribution in [1.82, 2.24) is 0 Å². The van der Waals surface area contributed by atoms with Gasteiger partial charge in [-0.2, -0.15) is 0 Å². The van der Waals surface area contributed by atoms with Gasteiger partial charge in [0.2, 0.25) is 0 Å². The third kappa shape index (κ3) is 2.30. The number of hydrogen-bond acceptors (Lipinski definition) is 3. The summed E-state index contributed by atoms with van der Waals surface area (Å²) in [5.74, 6) is -0.147. The zero-order valence-electron chi connectivity index (χ0n) is 10.6. The minimum atomic E-state index is -0.898. The topological polar surface area (TPSA) is 46.5 Å². The Kier molecular flexibility index (Phi) is 3.47. The lowest BCUT2D eigenvalue weighted by atomic mass is 9.87. The van der Waals surface area contributed by atoms with Gasteiger partial charge in [-0.25, -0.2) is 0 Å². The summed E-state index contributed by atoms with van der Waals surface area (Å²) in [6, 6.07) is 14.0. The molecule has 2 atom stereocenters. The van der Waals surface area contributed by atoms with Gasteiger partial charge >= 0.3 is 0 Å². The number of benzene rings is 2. The van der Waals surface area contributed by atoms with E-state index in [4.69, 9.17) is 16.3 Å². The maximum atomic E-state index is 12.4. The number of carbonyl (C=O) groups excluding carboxylic acids is 1. The van der Waals surface area contributed by atoms with Crippen molar-refractivity contribution in [3.63, 3.8) is 0 Å². The molecule has 0 aliphatic carbocycles. The quantitative estimate of drug-likeness (QED) is 0.863. The van der Waals surface area contributed by atoms with E-state index in [0.717, 1.165) is 0 Å². The van der Waals surface area contributed by atoms with Gasteiger partial charge < -0.3 is 9.84 Å². The summed E-state index contributed by atoms with van der Waals surface area (Å²) >= 11 is 5.93. The summed E-state index contributed by atoms with van der Waals surface area (Å²) in [6.45, 7) is 0.170. The molecule has 3 rings (SSSR count). The fourth-order valence-electron chi connectivity index (χ4n) is 2.40. The van der Waals surface area contributed by atoms with E-state index >= 15 is 0 Å². The Labute approximate surface area is 121 Å². The Morgan fingerprint density at radius 3 is 2.70 bits per heavy atom. The number of aliphatic hydroxyl groups is 1. The van der Waals surface area contributed by atoms with Crippen LogP contribution in [0.3, 0.4) is 0 Å². The lowest BCUT2D eigenvalue weighted by Gasteiger charge is -2.29. The highest BCUT2D eigenvalue weighted by atomic mass is 35.5. The van der Waals surface area contributed by atoms with Crippen LogP contribution in [0.25, 0.3) is 0 Å². The number of halogens is 1. The Hall–Kier alpha value is -1.84. The minimum absolute atomic E-state index is 0.122. The lowest BCUT2D eigenvalue weighted by molar-refractivity contribution is 0.0418. The van der Waals surface area contributed by atoms with E-state index in [1.165, 1.54) is 0 Å². The molecular formula is C16H13ClO3. The summed E-state index contributed by atoms with van der Waals surface area (Å²) in [7, 11) is 0. The molecule has 1 N–H and O–H groups in total. The Bertz CT molecular complexity index is 639. The molecule has 1 heterocycles. The van der Waals surface area contributed by atoms with Crippen molar-refractivity contribution in [2.45, 2.75) is 6.10 Å². The van der Waals surface area contributed by atoms with Crippen LogP contribution in [0.1, 0.15) is 22.0 Å². The first kappa shape index (κ1) is 13.2. The van der Waals surface area contributed by atoms with Crippen molar-refractivity contribution in [1.29, 1.82) is 0 Å². The first-order chi connectivity index (χ1) is 9.66. The Balaban J connectivity index is 1.92. The fraction of sp³-hybridized carbons (Fsp3) is 0.188. The smallest absolute Gasteiger partial charge is 0.172 e. The Morgan fingerprint density at radius 2 is 1.95 bits per heavy atom. The van der Waals surface area contributed by atoms with Crippen LogP contribution in [0.4, 0.5) is 0 Å². The molecule has 2 unspecified atom stereocenters. The van der Waals surface area contributed by atoms with E-state index < -0.39 is 12.0 Å². The third-order valence-corrected chi connectivity index (χ3v) is 3.72. The molecular weight excluding hydrogens is 276 g/mol. The summed E-state index contributed by atoms with van der Waals surface area (Å²) in [6.07, 6.45) is -0.898. The molecule has 0 saturated heterocycles. The maximum Gasteiger partial charge on any atom is 0.172 e. The normalized spacial score (nSPS) is 20.9. The van der Waals surface area contributed by atoms with Gasteiger partial charge in [0, 0.05) is 16.1 Å². The molecule has 4 heteroatoms. The van der Waals surface area contributed by atoms with E-state index in [2.05, 4.69) is 0 Å². The first-order valence-corrected chi connectivity index (χ1v) is 6.74. The van der Waals surface area contributed by atoms with Gasteiger partial charge in [-0.1, -0.05) is 41.9 Å². The molecule has 0 aromatic heterocycles. The van der Waals surface area contributed by atoms with Crippen molar-refractivity contribution in [3.05, 3.63) is 64.7 Å². The van der Waals surface area contributed by atoms with E-state index in [-0.39, 0.29) is 12.4 Å². The van der Waals surface area contributed by atoms with E-state index in [9.17, 15) is 9.90 Å². The maximum absolute atomic E-state index is 12.4. The van der Waals surface area contributed by atoms with Crippen molar-refractivity contribution < 1.29 is 14.6 Å². The van der Waals surface area contributed by atoms with Crippen LogP contribution in [0.15, 0.2) is 48.5 Å². The van der Waals surface area contributed by atoms with Crippen LogP contribution in [0.2, 0.25) is 5.02 Å². The van der Waals surface area contributed by atoms with Crippen molar-refractivity contribution in [2.75, 3.05) is 6.61 Å². The average Bonchev–Trinajstić information content (AvgIpc) is 2.48. The molecule has 0 fully saturated rings. The van der Waals surface area contributed by atoms with Gasteiger partial charge in [-0.15, -0.1) is 0 Å². The SMILES string of the molecule is O=C(c1ccccc1)C1COc2ccc(Cl)cc2C1O.